The summed E-state index contributed by atoms with van der Waals surface area (Å²) >= 11 is 4.94. The Hall–Kier alpha value is -2.49. The fraction of sp³-hybridized carbons (Fsp3) is 0.348. The van der Waals surface area contributed by atoms with E-state index in [0.717, 1.165) is 21.5 Å². The zero-order chi connectivity index (χ0) is 26.1. The number of nitrogens with two attached hydrogens (primary N) is 2. The summed E-state index contributed by atoms with van der Waals surface area (Å²) in [5, 5.41) is 4.45. The number of rotatable bonds is 8. The van der Waals surface area contributed by atoms with Crippen LogP contribution in [0.1, 0.15) is 11.5 Å². The third-order valence-electron chi connectivity index (χ3n) is 5.97. The first kappa shape index (κ1) is 26.1. The normalized spacial score (nSPS) is 27.5. The van der Waals surface area contributed by atoms with Gasteiger partial charge in [-0.1, -0.05) is 27.7 Å². The van der Waals surface area contributed by atoms with Gasteiger partial charge in [0.05, 0.1) is 18.5 Å². The lowest BCUT2D eigenvalue weighted by Gasteiger charge is -2.53. The second-order valence-corrected chi connectivity index (χ2v) is 10.6. The van der Waals surface area contributed by atoms with E-state index in [-0.39, 0.29) is 24.0 Å². The van der Waals surface area contributed by atoms with Crippen LogP contribution in [0.3, 0.4) is 0 Å². The van der Waals surface area contributed by atoms with Gasteiger partial charge in [0.25, 0.3) is 0 Å². The Morgan fingerprint density at radius 2 is 2.11 bits per heavy atom. The number of allylic oxidation sites excluding steroid dienone is 1. The predicted molar refractivity (Wildman–Crippen MR) is 132 cm³/mol. The van der Waals surface area contributed by atoms with Crippen molar-refractivity contribution in [3.63, 3.8) is 0 Å². The van der Waals surface area contributed by atoms with Crippen LogP contribution in [0.2, 0.25) is 0 Å². The smallest absolute Gasteiger partial charge is 0.219 e. The van der Waals surface area contributed by atoms with E-state index in [4.69, 9.17) is 30.2 Å². The van der Waals surface area contributed by atoms with Crippen LogP contribution in [0.5, 0.6) is 0 Å². The van der Waals surface area contributed by atoms with Gasteiger partial charge < -0.3 is 34.7 Å². The highest BCUT2D eigenvalue weighted by atomic mass is 79.9. The van der Waals surface area contributed by atoms with Gasteiger partial charge in [0.15, 0.2) is 17.5 Å². The minimum atomic E-state index is -1.58. The Balaban J connectivity index is 1.43. The number of benzene rings is 1. The number of halogens is 4. The zero-order valence-electron chi connectivity index (χ0n) is 19.2. The average molecular weight is 602 g/mol. The van der Waals surface area contributed by atoms with Gasteiger partial charge in [-0.25, -0.2) is 24.0 Å². The summed E-state index contributed by atoms with van der Waals surface area (Å²) in [5.74, 6) is 2.50. The first-order chi connectivity index (χ1) is 17.8. The summed E-state index contributed by atoms with van der Waals surface area (Å²) in [7, 11) is 0. The predicted octanol–water partition coefficient (Wildman–Crippen LogP) is 3.06. The third kappa shape index (κ3) is 5.68. The Labute approximate surface area is 222 Å². The van der Waals surface area contributed by atoms with Crippen LogP contribution in [-0.2, 0) is 20.8 Å². The number of nitrogens with one attached hydrogen (secondary N) is 1. The van der Waals surface area contributed by atoms with Crippen LogP contribution < -0.4 is 16.9 Å². The van der Waals surface area contributed by atoms with Crippen molar-refractivity contribution >= 4 is 33.4 Å². The van der Waals surface area contributed by atoms with Gasteiger partial charge in [-0.15, -0.1) is 0 Å². The maximum atomic E-state index is 13.8. The maximum absolute atomic E-state index is 13.8. The lowest BCUT2D eigenvalue weighted by molar-refractivity contribution is -0.277. The topological polar surface area (TPSA) is 121 Å². The number of hydrogen-bond donors (Lipinski definition) is 3. The monoisotopic (exact) mass is 601 g/mol. The number of dihydropyridines is 1. The second kappa shape index (κ2) is 11.1. The molecule has 2 fully saturated rings. The maximum Gasteiger partial charge on any atom is 0.219 e. The molecule has 3 aliphatic rings. The molecule has 0 saturated carbocycles. The highest BCUT2D eigenvalue weighted by Gasteiger charge is 2.54. The van der Waals surface area contributed by atoms with Crippen LogP contribution >= 0.6 is 27.7 Å². The zero-order valence-corrected chi connectivity index (χ0v) is 21.6. The van der Waals surface area contributed by atoms with E-state index in [1.54, 1.807) is 0 Å². The van der Waals surface area contributed by atoms with Gasteiger partial charge in [-0.05, 0) is 18.2 Å². The third-order valence-corrected chi connectivity index (χ3v) is 7.60. The van der Waals surface area contributed by atoms with Crippen molar-refractivity contribution in [2.75, 3.05) is 13.2 Å². The number of nitrogens with zero attached hydrogens (tertiary/aromatic N) is 2. The van der Waals surface area contributed by atoms with Crippen LogP contribution in [0.25, 0.3) is 5.70 Å². The van der Waals surface area contributed by atoms with Crippen molar-refractivity contribution in [3.8, 4) is 0 Å². The number of ether oxygens (including phenoxy) is 3. The number of thioether (sulfide) groups is 1. The van der Waals surface area contributed by atoms with E-state index in [9.17, 15) is 13.2 Å². The summed E-state index contributed by atoms with van der Waals surface area (Å²) < 4.78 is 65.5. The Morgan fingerprint density at radius 3 is 2.76 bits per heavy atom. The van der Waals surface area contributed by atoms with Crippen molar-refractivity contribution < 1.29 is 31.8 Å². The Kier molecular flexibility index (Phi) is 7.83. The molecule has 2 aromatic rings. The van der Waals surface area contributed by atoms with Crippen molar-refractivity contribution in [1.82, 2.24) is 15.3 Å². The van der Waals surface area contributed by atoms with E-state index >= 15 is 0 Å². The number of oxazole rings is 1. The van der Waals surface area contributed by atoms with Gasteiger partial charge in [-0.2, -0.15) is 0 Å². The standard InChI is InChI=1S/C23H23BrF3N5O4S/c24-12-5-13(7-30-6-12)37-23-22(35-10-18-31-1-2-33-18)20(21-17(36-23)9-34-21)32(29)8-16(28)11-3-14(25)19(27)15(26)4-11/h1-5,7-8,17,20-23,30H,6,9-10,28-29H2/b16-8-. The molecule has 1 aromatic carbocycles. The van der Waals surface area contributed by atoms with E-state index in [1.807, 2.05) is 12.3 Å². The number of hydrogen-bond acceptors (Lipinski definition) is 10. The van der Waals surface area contributed by atoms with E-state index in [1.165, 1.54) is 35.4 Å². The summed E-state index contributed by atoms with van der Waals surface area (Å²) in [6, 6.07) is 0.984. The molecule has 0 amide bonds. The molecule has 3 aliphatic heterocycles. The molecule has 1 aromatic heterocycles. The molecule has 0 aliphatic carbocycles. The van der Waals surface area contributed by atoms with Crippen LogP contribution in [0, 0.1) is 17.5 Å². The summed E-state index contributed by atoms with van der Waals surface area (Å²) in [5.41, 5.74) is 5.43. The molecule has 5 unspecified atom stereocenters. The molecule has 14 heteroatoms. The first-order valence-electron chi connectivity index (χ1n) is 11.2. The van der Waals surface area contributed by atoms with Crippen molar-refractivity contribution in [3.05, 3.63) is 81.4 Å². The minimum absolute atomic E-state index is 0.0320. The molecule has 0 spiro atoms. The molecule has 5 N–H and O–H groups in total. The van der Waals surface area contributed by atoms with Crippen LogP contribution in [0.4, 0.5) is 13.2 Å². The van der Waals surface area contributed by atoms with E-state index in [0.29, 0.717) is 19.0 Å². The molecule has 9 nitrogen and oxygen atoms in total. The van der Waals surface area contributed by atoms with Gasteiger partial charge in [0.1, 0.15) is 42.7 Å². The lowest BCUT2D eigenvalue weighted by Crippen LogP contribution is -2.70. The molecule has 2 saturated heterocycles. The largest absolute Gasteiger partial charge is 0.446 e. The molecule has 5 rings (SSSR count). The van der Waals surface area contributed by atoms with Gasteiger partial charge in [0, 0.05) is 33.9 Å². The molecule has 4 heterocycles. The van der Waals surface area contributed by atoms with Crippen LogP contribution in [-0.4, -0.2) is 52.9 Å². The summed E-state index contributed by atoms with van der Waals surface area (Å²) in [4.78, 5) is 5.00. The van der Waals surface area contributed by atoms with Crippen LogP contribution in [0.15, 0.2) is 56.9 Å². The number of fused-ring (bicyclic) bond motifs is 1. The molecule has 198 valence electrons. The Bertz CT molecular complexity index is 1210. The van der Waals surface area contributed by atoms with E-state index < -0.39 is 41.1 Å². The van der Waals surface area contributed by atoms with Gasteiger partial charge in [0.2, 0.25) is 5.89 Å². The molecule has 0 bridgehead atoms. The fourth-order valence-corrected chi connectivity index (χ4v) is 5.93. The van der Waals surface area contributed by atoms with Gasteiger partial charge in [-0.3, -0.25) is 0 Å². The average Bonchev–Trinajstić information content (AvgIpc) is 3.36. The van der Waals surface area contributed by atoms with E-state index in [2.05, 4.69) is 26.2 Å². The van der Waals surface area contributed by atoms with Crippen molar-refractivity contribution in [1.29, 1.82) is 0 Å². The number of aromatic nitrogens is 1. The molecule has 0 radical (unpaired) electrons. The van der Waals surface area contributed by atoms with Crippen molar-refractivity contribution in [2.45, 2.75) is 36.4 Å². The molecule has 37 heavy (non-hydrogen) atoms. The molecule has 5 atom stereocenters. The van der Waals surface area contributed by atoms with Gasteiger partial charge >= 0.3 is 0 Å². The minimum Gasteiger partial charge on any atom is -0.446 e. The lowest BCUT2D eigenvalue weighted by atomic mass is 9.92. The molecular formula is C23H23BrF3N5O4S. The first-order valence-corrected chi connectivity index (χ1v) is 12.9. The summed E-state index contributed by atoms with van der Waals surface area (Å²) in [6.07, 6.45) is 6.68. The summed E-state index contributed by atoms with van der Waals surface area (Å²) in [6.45, 7) is 1.07. The highest BCUT2D eigenvalue weighted by molar-refractivity contribution is 9.11. The second-order valence-electron chi connectivity index (χ2n) is 8.46. The quantitative estimate of drug-likeness (QED) is 0.236. The van der Waals surface area contributed by atoms with Crippen molar-refractivity contribution in [2.24, 2.45) is 11.6 Å². The fourth-order valence-electron chi connectivity index (χ4n) is 4.16. The number of hydrazine groups is 1. The SMILES string of the molecule is N/C(=C\N(N)C1C2OCC2OC(SC2=CNCC(Br)=C2)C1OCc1ncco1)c1cc(F)c(F)c(F)c1. The Morgan fingerprint density at radius 1 is 1.32 bits per heavy atom. The molecular weight excluding hydrogens is 579 g/mol. The highest BCUT2D eigenvalue weighted by Crippen LogP contribution is 2.41.